The first-order valence-corrected chi connectivity index (χ1v) is 5.90. The highest BCUT2D eigenvalue weighted by atomic mass is 16.4. The van der Waals surface area contributed by atoms with Gasteiger partial charge < -0.3 is 10.4 Å². The number of nitriles is 1. The monoisotopic (exact) mass is 238 g/mol. The van der Waals surface area contributed by atoms with Crippen LogP contribution in [-0.4, -0.2) is 23.0 Å². The van der Waals surface area contributed by atoms with E-state index in [1.54, 1.807) is 6.92 Å². The Morgan fingerprint density at radius 1 is 1.47 bits per heavy atom. The summed E-state index contributed by atoms with van der Waals surface area (Å²) in [4.78, 5) is 22.9. The van der Waals surface area contributed by atoms with E-state index < -0.39 is 11.4 Å². The van der Waals surface area contributed by atoms with Crippen molar-refractivity contribution in [2.24, 2.45) is 5.41 Å². The van der Waals surface area contributed by atoms with Gasteiger partial charge >= 0.3 is 5.97 Å². The van der Waals surface area contributed by atoms with Crippen molar-refractivity contribution in [2.45, 2.75) is 51.5 Å². The zero-order chi connectivity index (χ0) is 12.9. The molecule has 1 saturated carbocycles. The van der Waals surface area contributed by atoms with Crippen molar-refractivity contribution in [3.8, 4) is 6.07 Å². The molecule has 17 heavy (non-hydrogen) atoms. The lowest BCUT2D eigenvalue weighted by atomic mass is 9.82. The van der Waals surface area contributed by atoms with Crippen LogP contribution in [0.4, 0.5) is 0 Å². The summed E-state index contributed by atoms with van der Waals surface area (Å²) in [6, 6.07) is 1.75. The largest absolute Gasteiger partial charge is 0.481 e. The smallest absolute Gasteiger partial charge is 0.310 e. The molecular weight excluding hydrogens is 220 g/mol. The van der Waals surface area contributed by atoms with Crippen LogP contribution in [0.2, 0.25) is 0 Å². The van der Waals surface area contributed by atoms with Crippen molar-refractivity contribution >= 4 is 11.9 Å². The second kappa shape index (κ2) is 5.67. The summed E-state index contributed by atoms with van der Waals surface area (Å²) >= 11 is 0. The van der Waals surface area contributed by atoms with Crippen LogP contribution < -0.4 is 5.32 Å². The number of carboxylic acids is 1. The fraction of sp³-hybridized carbons (Fsp3) is 0.750. The molecule has 1 amide bonds. The molecule has 2 N–H and O–H groups in total. The average Bonchev–Trinajstić information content (AvgIpc) is 2.67. The van der Waals surface area contributed by atoms with Crippen molar-refractivity contribution in [2.75, 3.05) is 0 Å². The summed E-state index contributed by atoms with van der Waals surface area (Å²) in [6.07, 6.45) is 3.15. The second-order valence-electron chi connectivity index (χ2n) is 4.80. The molecule has 0 bridgehead atoms. The topological polar surface area (TPSA) is 90.2 Å². The minimum Gasteiger partial charge on any atom is -0.481 e. The minimum atomic E-state index is -0.879. The zero-order valence-electron chi connectivity index (χ0n) is 10.0. The Kier molecular flexibility index (Phi) is 4.50. The highest BCUT2D eigenvalue weighted by Crippen LogP contribution is 2.41. The van der Waals surface area contributed by atoms with E-state index in [4.69, 9.17) is 5.26 Å². The maximum Gasteiger partial charge on any atom is 0.310 e. The Labute approximate surface area is 101 Å². The summed E-state index contributed by atoms with van der Waals surface area (Å²) in [5.74, 6) is -1.14. The number of nitrogens with one attached hydrogen (secondary N) is 1. The number of aliphatic carboxylic acids is 1. The molecule has 1 aliphatic rings. The fourth-order valence-corrected chi connectivity index (χ4v) is 2.34. The summed E-state index contributed by atoms with van der Waals surface area (Å²) in [5, 5.41) is 20.4. The second-order valence-corrected chi connectivity index (χ2v) is 4.80. The molecule has 0 heterocycles. The molecule has 0 aromatic heterocycles. The van der Waals surface area contributed by atoms with Crippen LogP contribution in [0.15, 0.2) is 0 Å². The fourth-order valence-electron chi connectivity index (χ4n) is 2.34. The van der Waals surface area contributed by atoms with Crippen molar-refractivity contribution in [3.05, 3.63) is 0 Å². The highest BCUT2D eigenvalue weighted by molar-refractivity contribution is 5.85. The third kappa shape index (κ3) is 3.45. The number of carbonyl (C=O) groups excluding carboxylic acids is 1. The molecule has 1 atom stereocenters. The van der Waals surface area contributed by atoms with E-state index in [-0.39, 0.29) is 24.8 Å². The van der Waals surface area contributed by atoms with Gasteiger partial charge in [-0.1, -0.05) is 12.8 Å². The van der Waals surface area contributed by atoms with Gasteiger partial charge in [0.2, 0.25) is 5.91 Å². The lowest BCUT2D eigenvalue weighted by Gasteiger charge is -2.23. The molecule has 94 valence electrons. The third-order valence-corrected chi connectivity index (χ3v) is 3.32. The molecular formula is C12H18N2O3. The number of hydrogen-bond acceptors (Lipinski definition) is 3. The van der Waals surface area contributed by atoms with Crippen LogP contribution in [0.25, 0.3) is 0 Å². The molecule has 1 aliphatic carbocycles. The SMILES string of the molecule is CC(CC#N)NC(=O)CC1(C(=O)O)CCCC1. The zero-order valence-corrected chi connectivity index (χ0v) is 10.0. The van der Waals surface area contributed by atoms with Crippen LogP contribution >= 0.6 is 0 Å². The van der Waals surface area contributed by atoms with Crippen molar-refractivity contribution in [3.63, 3.8) is 0 Å². The van der Waals surface area contributed by atoms with Crippen LogP contribution in [0.1, 0.15) is 45.4 Å². The van der Waals surface area contributed by atoms with Gasteiger partial charge in [0.15, 0.2) is 0 Å². The predicted molar refractivity (Wildman–Crippen MR) is 61.0 cm³/mol. The Hall–Kier alpha value is -1.57. The number of nitrogens with zero attached hydrogens (tertiary/aromatic N) is 1. The third-order valence-electron chi connectivity index (χ3n) is 3.32. The van der Waals surface area contributed by atoms with E-state index in [1.807, 2.05) is 6.07 Å². The number of amides is 1. The van der Waals surface area contributed by atoms with Gasteiger partial charge in [0.1, 0.15) is 0 Å². The van der Waals surface area contributed by atoms with Crippen LogP contribution in [0, 0.1) is 16.7 Å². The normalized spacial score (nSPS) is 19.3. The van der Waals surface area contributed by atoms with Crippen molar-refractivity contribution in [1.29, 1.82) is 5.26 Å². The quantitative estimate of drug-likeness (QED) is 0.758. The Morgan fingerprint density at radius 3 is 2.53 bits per heavy atom. The van der Waals surface area contributed by atoms with E-state index in [0.717, 1.165) is 12.8 Å². The number of rotatable bonds is 5. The van der Waals surface area contributed by atoms with E-state index in [0.29, 0.717) is 12.8 Å². The van der Waals surface area contributed by atoms with Gasteiger partial charge in [0.25, 0.3) is 0 Å². The van der Waals surface area contributed by atoms with Gasteiger partial charge in [-0.2, -0.15) is 5.26 Å². The molecule has 0 saturated heterocycles. The predicted octanol–water partition coefficient (Wildman–Crippen LogP) is 1.44. The maximum absolute atomic E-state index is 11.7. The van der Waals surface area contributed by atoms with Gasteiger partial charge in [-0.15, -0.1) is 0 Å². The van der Waals surface area contributed by atoms with Crippen LogP contribution in [0.5, 0.6) is 0 Å². The molecule has 1 rings (SSSR count). The Morgan fingerprint density at radius 2 is 2.06 bits per heavy atom. The summed E-state index contributed by atoms with van der Waals surface area (Å²) in [5.41, 5.74) is -0.879. The van der Waals surface area contributed by atoms with E-state index >= 15 is 0 Å². The molecule has 0 aromatic rings. The summed E-state index contributed by atoms with van der Waals surface area (Å²) < 4.78 is 0. The molecule has 5 nitrogen and oxygen atoms in total. The number of carbonyl (C=O) groups is 2. The van der Waals surface area contributed by atoms with Gasteiger partial charge in [0, 0.05) is 12.5 Å². The molecule has 0 aliphatic heterocycles. The average molecular weight is 238 g/mol. The van der Waals surface area contributed by atoms with Crippen molar-refractivity contribution < 1.29 is 14.7 Å². The molecule has 1 unspecified atom stereocenters. The molecule has 0 aromatic carbocycles. The number of carboxylic acid groups (broad SMARTS) is 1. The summed E-state index contributed by atoms with van der Waals surface area (Å²) in [7, 11) is 0. The molecule has 0 spiro atoms. The van der Waals surface area contributed by atoms with Gasteiger partial charge in [0.05, 0.1) is 17.9 Å². The van der Waals surface area contributed by atoms with Gasteiger partial charge in [-0.05, 0) is 19.8 Å². The van der Waals surface area contributed by atoms with Gasteiger partial charge in [-0.3, -0.25) is 9.59 Å². The van der Waals surface area contributed by atoms with E-state index in [9.17, 15) is 14.7 Å². The first kappa shape index (κ1) is 13.5. The lowest BCUT2D eigenvalue weighted by Crippen LogP contribution is -2.39. The first-order chi connectivity index (χ1) is 8.00. The molecule has 1 fully saturated rings. The lowest BCUT2D eigenvalue weighted by molar-refractivity contribution is -0.151. The molecule has 5 heteroatoms. The van der Waals surface area contributed by atoms with E-state index in [1.165, 1.54) is 0 Å². The van der Waals surface area contributed by atoms with Crippen LogP contribution in [-0.2, 0) is 9.59 Å². The molecule has 0 radical (unpaired) electrons. The Bertz CT molecular complexity index is 340. The standard InChI is InChI=1S/C12H18N2O3/c1-9(4-7-13)14-10(15)8-12(11(16)17)5-2-3-6-12/h9H,2-6,8H2,1H3,(H,14,15)(H,16,17). The first-order valence-electron chi connectivity index (χ1n) is 5.90. The minimum absolute atomic E-state index is 0.0259. The van der Waals surface area contributed by atoms with Crippen molar-refractivity contribution in [1.82, 2.24) is 5.32 Å². The maximum atomic E-state index is 11.7. The van der Waals surface area contributed by atoms with E-state index in [2.05, 4.69) is 5.32 Å². The summed E-state index contributed by atoms with van der Waals surface area (Å²) in [6.45, 7) is 1.74. The van der Waals surface area contributed by atoms with Gasteiger partial charge in [-0.25, -0.2) is 0 Å². The highest BCUT2D eigenvalue weighted by Gasteiger charge is 2.42. The Balaban J connectivity index is 2.54. The van der Waals surface area contributed by atoms with Crippen LogP contribution in [0.3, 0.4) is 0 Å². The number of hydrogen-bond donors (Lipinski definition) is 2.